The van der Waals surface area contributed by atoms with Crippen molar-refractivity contribution >= 4 is 40.7 Å². The van der Waals surface area contributed by atoms with E-state index in [1.807, 2.05) is 12.1 Å². The van der Waals surface area contributed by atoms with Crippen LogP contribution in [0.15, 0.2) is 41.3 Å². The lowest BCUT2D eigenvalue weighted by Gasteiger charge is -2.05. The zero-order valence-electron chi connectivity index (χ0n) is 9.29. The van der Waals surface area contributed by atoms with E-state index in [1.54, 1.807) is 18.2 Å². The van der Waals surface area contributed by atoms with Crippen LogP contribution in [0.4, 0.5) is 10.1 Å². The van der Waals surface area contributed by atoms with Gasteiger partial charge in [-0.25, -0.2) is 4.39 Å². The van der Waals surface area contributed by atoms with Gasteiger partial charge in [0.1, 0.15) is 5.82 Å². The van der Waals surface area contributed by atoms with E-state index in [1.165, 1.54) is 17.8 Å². The summed E-state index contributed by atoms with van der Waals surface area (Å²) in [4.78, 5) is 0.827. The number of anilines is 1. The molecule has 1 nitrogen and oxygen atoms in total. The molecule has 0 atom stereocenters. The van der Waals surface area contributed by atoms with Gasteiger partial charge in [-0.2, -0.15) is 0 Å². The van der Waals surface area contributed by atoms with E-state index in [0.29, 0.717) is 15.8 Å². The first-order valence-corrected chi connectivity index (χ1v) is 6.92. The third kappa shape index (κ3) is 3.31. The third-order valence-electron chi connectivity index (χ3n) is 2.36. The second-order valence-electron chi connectivity index (χ2n) is 3.72. The quantitative estimate of drug-likeness (QED) is 0.637. The summed E-state index contributed by atoms with van der Waals surface area (Å²) in [6.07, 6.45) is 0. The van der Waals surface area contributed by atoms with Crippen molar-refractivity contribution in [1.82, 2.24) is 0 Å². The lowest BCUT2D eigenvalue weighted by Crippen LogP contribution is -1.90. The van der Waals surface area contributed by atoms with E-state index in [-0.39, 0.29) is 5.69 Å². The molecule has 2 aromatic carbocycles. The summed E-state index contributed by atoms with van der Waals surface area (Å²) in [6, 6.07) is 10.2. The van der Waals surface area contributed by atoms with Crippen LogP contribution in [0.2, 0.25) is 10.0 Å². The van der Waals surface area contributed by atoms with Crippen LogP contribution in [0.5, 0.6) is 0 Å². The molecular formula is C13H10Cl2FNS. The summed E-state index contributed by atoms with van der Waals surface area (Å²) >= 11 is 13.3. The van der Waals surface area contributed by atoms with E-state index >= 15 is 0 Å². The highest BCUT2D eigenvalue weighted by Gasteiger charge is 2.03. The first kappa shape index (κ1) is 13.5. The molecule has 0 saturated heterocycles. The molecule has 0 aliphatic carbocycles. The van der Waals surface area contributed by atoms with Crippen molar-refractivity contribution in [3.8, 4) is 0 Å². The maximum absolute atomic E-state index is 13.2. The molecule has 0 saturated carbocycles. The molecule has 0 aliphatic rings. The Hall–Kier alpha value is -0.900. The summed E-state index contributed by atoms with van der Waals surface area (Å²) in [5.41, 5.74) is 6.61. The van der Waals surface area contributed by atoms with E-state index in [0.717, 1.165) is 10.5 Å². The highest BCUT2D eigenvalue weighted by molar-refractivity contribution is 7.98. The molecule has 0 aromatic heterocycles. The van der Waals surface area contributed by atoms with Gasteiger partial charge in [0.05, 0.1) is 15.7 Å². The topological polar surface area (TPSA) is 26.0 Å². The highest BCUT2D eigenvalue weighted by Crippen LogP contribution is 2.28. The van der Waals surface area contributed by atoms with Crippen LogP contribution in [0.3, 0.4) is 0 Å². The molecule has 94 valence electrons. The molecule has 2 aromatic rings. The van der Waals surface area contributed by atoms with Crippen LogP contribution in [0.25, 0.3) is 0 Å². The number of rotatable bonds is 3. The van der Waals surface area contributed by atoms with E-state index in [4.69, 9.17) is 28.9 Å². The van der Waals surface area contributed by atoms with E-state index in [9.17, 15) is 4.39 Å². The molecule has 2 rings (SSSR count). The van der Waals surface area contributed by atoms with Gasteiger partial charge in [-0.1, -0.05) is 29.3 Å². The Morgan fingerprint density at radius 3 is 2.50 bits per heavy atom. The highest BCUT2D eigenvalue weighted by atomic mass is 35.5. The number of benzene rings is 2. The fourth-order valence-electron chi connectivity index (χ4n) is 1.39. The van der Waals surface area contributed by atoms with Crippen LogP contribution >= 0.6 is 35.0 Å². The Morgan fingerprint density at radius 1 is 1.06 bits per heavy atom. The van der Waals surface area contributed by atoms with Crippen LogP contribution in [-0.4, -0.2) is 0 Å². The second-order valence-corrected chi connectivity index (χ2v) is 5.58. The van der Waals surface area contributed by atoms with Gasteiger partial charge < -0.3 is 5.73 Å². The first-order valence-electron chi connectivity index (χ1n) is 5.18. The van der Waals surface area contributed by atoms with Gasteiger partial charge in [0, 0.05) is 10.6 Å². The largest absolute Gasteiger partial charge is 0.396 e. The van der Waals surface area contributed by atoms with Crippen molar-refractivity contribution in [2.45, 2.75) is 10.6 Å². The zero-order valence-corrected chi connectivity index (χ0v) is 11.6. The Balaban J connectivity index is 2.06. The van der Waals surface area contributed by atoms with Crippen molar-refractivity contribution in [1.29, 1.82) is 0 Å². The number of hydrogen-bond acceptors (Lipinski definition) is 2. The monoisotopic (exact) mass is 301 g/mol. The molecule has 0 unspecified atom stereocenters. The molecule has 0 amide bonds. The number of thioether (sulfide) groups is 1. The predicted octanol–water partition coefficient (Wildman–Crippen LogP) is 5.01. The summed E-state index contributed by atoms with van der Waals surface area (Å²) in [6.45, 7) is 0. The average Bonchev–Trinajstić information content (AvgIpc) is 2.35. The van der Waals surface area contributed by atoms with Gasteiger partial charge in [-0.05, 0) is 35.9 Å². The number of halogens is 3. The lowest BCUT2D eigenvalue weighted by atomic mass is 10.2. The van der Waals surface area contributed by atoms with Crippen LogP contribution in [0.1, 0.15) is 5.56 Å². The van der Waals surface area contributed by atoms with Crippen molar-refractivity contribution in [3.63, 3.8) is 0 Å². The predicted molar refractivity (Wildman–Crippen MR) is 76.8 cm³/mol. The average molecular weight is 302 g/mol. The second kappa shape index (κ2) is 5.83. The molecule has 5 heteroatoms. The van der Waals surface area contributed by atoms with Crippen molar-refractivity contribution in [2.24, 2.45) is 0 Å². The molecule has 2 N–H and O–H groups in total. The summed E-state index contributed by atoms with van der Waals surface area (Å²) < 4.78 is 13.2. The molecule has 0 heterocycles. The maximum Gasteiger partial charge on any atom is 0.147 e. The first-order chi connectivity index (χ1) is 8.56. The van der Waals surface area contributed by atoms with Crippen LogP contribution in [0, 0.1) is 5.82 Å². The Kier molecular flexibility index (Phi) is 4.38. The fourth-order valence-corrected chi connectivity index (χ4v) is 2.58. The van der Waals surface area contributed by atoms with Crippen molar-refractivity contribution < 1.29 is 4.39 Å². The maximum atomic E-state index is 13.2. The summed E-state index contributed by atoms with van der Waals surface area (Å²) in [5.74, 6) is 0.300. The van der Waals surface area contributed by atoms with Crippen LogP contribution < -0.4 is 5.73 Å². The standard InChI is InChI=1S/C13H10Cl2FNS/c14-10-3-1-8(5-11(10)15)7-18-9-2-4-13(17)12(16)6-9/h1-6H,7,17H2. The Bertz CT molecular complexity index is 523. The molecule has 0 bridgehead atoms. The van der Waals surface area contributed by atoms with Gasteiger partial charge in [-0.15, -0.1) is 11.8 Å². The van der Waals surface area contributed by atoms with Gasteiger partial charge >= 0.3 is 0 Å². The van der Waals surface area contributed by atoms with Crippen LogP contribution in [-0.2, 0) is 5.75 Å². The molecule has 0 radical (unpaired) electrons. The minimum atomic E-state index is -0.394. The Morgan fingerprint density at radius 2 is 1.83 bits per heavy atom. The zero-order chi connectivity index (χ0) is 13.1. The van der Waals surface area contributed by atoms with Gasteiger partial charge in [-0.3, -0.25) is 0 Å². The van der Waals surface area contributed by atoms with E-state index < -0.39 is 5.82 Å². The van der Waals surface area contributed by atoms with Gasteiger partial charge in [0.25, 0.3) is 0 Å². The van der Waals surface area contributed by atoms with Crippen molar-refractivity contribution in [3.05, 3.63) is 57.8 Å². The SMILES string of the molecule is Nc1ccc(SCc2ccc(Cl)c(Cl)c2)cc1F. The molecule has 0 fully saturated rings. The number of nitrogen functional groups attached to an aromatic ring is 1. The molecule has 0 spiro atoms. The number of hydrogen-bond donors (Lipinski definition) is 1. The number of nitrogens with two attached hydrogens (primary N) is 1. The molecule has 0 aliphatic heterocycles. The Labute approximate surface area is 119 Å². The fraction of sp³-hybridized carbons (Fsp3) is 0.0769. The summed E-state index contributed by atoms with van der Waals surface area (Å²) in [5, 5.41) is 1.06. The normalized spacial score (nSPS) is 10.6. The lowest BCUT2D eigenvalue weighted by molar-refractivity contribution is 0.629. The molecular weight excluding hydrogens is 292 g/mol. The van der Waals surface area contributed by atoms with Crippen molar-refractivity contribution in [2.75, 3.05) is 5.73 Å². The molecule has 18 heavy (non-hydrogen) atoms. The van der Waals surface area contributed by atoms with E-state index in [2.05, 4.69) is 0 Å². The minimum Gasteiger partial charge on any atom is -0.396 e. The van der Waals surface area contributed by atoms with Gasteiger partial charge in [0.2, 0.25) is 0 Å². The third-order valence-corrected chi connectivity index (χ3v) is 4.17. The smallest absolute Gasteiger partial charge is 0.147 e. The summed E-state index contributed by atoms with van der Waals surface area (Å²) in [7, 11) is 0. The van der Waals surface area contributed by atoms with Gasteiger partial charge in [0.15, 0.2) is 0 Å². The minimum absolute atomic E-state index is 0.161.